The van der Waals surface area contributed by atoms with Gasteiger partial charge in [-0.1, -0.05) is 23.2 Å². The van der Waals surface area contributed by atoms with Crippen LogP contribution in [-0.2, 0) is 0 Å². The molecule has 1 saturated carbocycles. The van der Waals surface area contributed by atoms with Gasteiger partial charge in [0.15, 0.2) is 11.6 Å². The molecular weight excluding hydrogens is 648 g/mol. The zero-order chi connectivity index (χ0) is 26.3. The molecule has 1 saturated heterocycles. The topological polar surface area (TPSA) is 97.9 Å². The normalized spacial score (nSPS) is 16.4. The lowest BCUT2D eigenvalue weighted by molar-refractivity contribution is 0.216. The lowest BCUT2D eigenvalue weighted by Crippen LogP contribution is -2.49. The third kappa shape index (κ3) is 5.22. The molecule has 5 rings (SSSR count). The van der Waals surface area contributed by atoms with Crippen LogP contribution < -0.4 is 14.7 Å². The summed E-state index contributed by atoms with van der Waals surface area (Å²) in [6.45, 7) is 3.54. The van der Waals surface area contributed by atoms with Crippen LogP contribution in [-0.4, -0.2) is 28.8 Å². The average Bonchev–Trinajstić information content (AvgIpc) is 3.65. The zero-order valence-electron chi connectivity index (χ0n) is 19.6. The Balaban J connectivity index is 1.46. The summed E-state index contributed by atoms with van der Waals surface area (Å²) in [5, 5.41) is 22.4. The van der Waals surface area contributed by atoms with Crippen LogP contribution in [0.25, 0.3) is 0 Å². The number of nitriles is 1. The molecular formula is C25H21Cl2FIN6OP. The maximum atomic E-state index is 15.1. The van der Waals surface area contributed by atoms with Gasteiger partial charge in [-0.2, -0.15) is 5.26 Å². The molecule has 3 aromatic rings. The molecule has 0 bridgehead atoms. The second-order valence-corrected chi connectivity index (χ2v) is 12.1. The number of rotatable bonds is 8. The van der Waals surface area contributed by atoms with Crippen molar-refractivity contribution in [2.45, 2.75) is 25.9 Å². The van der Waals surface area contributed by atoms with E-state index in [4.69, 9.17) is 33.3 Å². The van der Waals surface area contributed by atoms with Gasteiger partial charge in [0.2, 0.25) is 0 Å². The summed E-state index contributed by atoms with van der Waals surface area (Å²) < 4.78 is 21.0. The maximum Gasteiger partial charge on any atom is 0.167 e. The minimum Gasteiger partial charge on any atom is -0.483 e. The van der Waals surface area contributed by atoms with Crippen LogP contribution in [0.4, 0.5) is 15.9 Å². The fraction of sp³-hybridized carbons (Fsp3) is 0.280. The number of hydrogen-bond donors (Lipinski definition) is 2. The van der Waals surface area contributed by atoms with Crippen LogP contribution in [0.1, 0.15) is 48.1 Å². The first-order valence-electron chi connectivity index (χ1n) is 11.4. The Hall–Kier alpha value is -2.25. The average molecular weight is 669 g/mol. The van der Waals surface area contributed by atoms with Crippen molar-refractivity contribution < 1.29 is 9.13 Å². The number of halogens is 4. The molecule has 1 aliphatic carbocycles. The molecule has 2 N–H and O–H groups in total. The van der Waals surface area contributed by atoms with Gasteiger partial charge in [-0.3, -0.25) is 10.4 Å². The number of ether oxygens (including phenoxy) is 1. The molecule has 2 atom stereocenters. The Morgan fingerprint density at radius 3 is 2.59 bits per heavy atom. The first kappa shape index (κ1) is 26.4. The van der Waals surface area contributed by atoms with Crippen molar-refractivity contribution in [3.63, 3.8) is 0 Å². The molecule has 1 spiro atoms. The first-order valence-corrected chi connectivity index (χ1v) is 16.3. The molecule has 37 heavy (non-hydrogen) atoms. The van der Waals surface area contributed by atoms with Gasteiger partial charge in [0.1, 0.15) is 18.0 Å². The fourth-order valence-corrected chi connectivity index (χ4v) is 6.41. The summed E-state index contributed by atoms with van der Waals surface area (Å²) in [6, 6.07) is 6.67. The Bertz CT molecular complexity index is 1420. The highest BCUT2D eigenvalue weighted by atomic mass is 127. The van der Waals surface area contributed by atoms with E-state index in [1.807, 2.05) is 0 Å². The van der Waals surface area contributed by atoms with Crippen molar-refractivity contribution in [3.05, 3.63) is 74.9 Å². The van der Waals surface area contributed by atoms with Crippen LogP contribution in [0.3, 0.4) is 0 Å². The molecule has 1 unspecified atom stereocenters. The summed E-state index contributed by atoms with van der Waals surface area (Å²) in [5.41, 5.74) is 2.72. The number of pyridine rings is 2. The second-order valence-electron chi connectivity index (χ2n) is 9.26. The fourth-order valence-electron chi connectivity index (χ4n) is 4.55. The number of anilines is 2. The number of benzene rings is 1. The third-order valence-electron chi connectivity index (χ3n) is 6.71. The molecule has 12 heteroatoms. The highest BCUT2D eigenvalue weighted by Gasteiger charge is 2.53. The third-order valence-corrected chi connectivity index (χ3v) is 8.48. The van der Waals surface area contributed by atoms with E-state index in [1.165, 1.54) is 37.4 Å². The summed E-state index contributed by atoms with van der Waals surface area (Å²) in [6.07, 6.45) is 6.51. The lowest BCUT2D eigenvalue weighted by Gasteiger charge is -2.41. The van der Waals surface area contributed by atoms with E-state index in [0.717, 1.165) is 13.1 Å². The molecule has 2 aliphatic rings. The molecule has 190 valence electrons. The minimum absolute atomic E-state index is 0.0565. The quantitative estimate of drug-likeness (QED) is 0.148. The van der Waals surface area contributed by atoms with Gasteiger partial charge in [-0.25, -0.2) is 9.37 Å². The Morgan fingerprint density at radius 1 is 1.27 bits per heavy atom. The van der Waals surface area contributed by atoms with Gasteiger partial charge in [0.25, 0.3) is 0 Å². The van der Waals surface area contributed by atoms with Crippen molar-refractivity contribution in [1.82, 2.24) is 9.97 Å². The molecule has 0 amide bonds. The molecule has 2 fully saturated rings. The monoisotopic (exact) mass is 668 g/mol. The van der Waals surface area contributed by atoms with Crippen LogP contribution in [0, 0.1) is 28.0 Å². The predicted octanol–water partition coefficient (Wildman–Crippen LogP) is 7.31. The van der Waals surface area contributed by atoms with E-state index in [2.05, 4.69) is 48.1 Å². The predicted molar refractivity (Wildman–Crippen MR) is 154 cm³/mol. The largest absolute Gasteiger partial charge is 0.483 e. The number of nitrogens with one attached hydrogen (secondary N) is 2. The Morgan fingerprint density at radius 2 is 1.97 bits per heavy atom. The molecule has 2 aromatic heterocycles. The number of aromatic nitrogens is 2. The molecule has 1 aliphatic heterocycles. The van der Waals surface area contributed by atoms with Gasteiger partial charge in [-0.05, 0) is 53.9 Å². The number of hydrogen-bond acceptors (Lipinski definition) is 7. The SMILES string of the molecule is C[C@@H](Oc1cc(C(=N)c2cnc(N3CC4(CC4)C3)c(C#N)c2)c(NPI)cc1F)c1c(Cl)cncc1Cl. The summed E-state index contributed by atoms with van der Waals surface area (Å²) >= 11 is 14.6. The van der Waals surface area contributed by atoms with Crippen LogP contribution in [0.15, 0.2) is 36.8 Å². The molecule has 1 aromatic carbocycles. The van der Waals surface area contributed by atoms with Crippen molar-refractivity contribution in [1.29, 1.82) is 10.7 Å². The van der Waals surface area contributed by atoms with Gasteiger partial charge < -0.3 is 14.7 Å². The van der Waals surface area contributed by atoms with Crippen LogP contribution >= 0.6 is 51.6 Å². The number of nitrogens with zero attached hydrogens (tertiary/aromatic N) is 4. The van der Waals surface area contributed by atoms with Crippen molar-refractivity contribution in [3.8, 4) is 11.8 Å². The van der Waals surface area contributed by atoms with Crippen molar-refractivity contribution >= 4 is 68.8 Å². The highest BCUT2D eigenvalue weighted by Crippen LogP contribution is 2.54. The Kier molecular flexibility index (Phi) is 7.47. The maximum absolute atomic E-state index is 15.1. The van der Waals surface area contributed by atoms with E-state index >= 15 is 4.39 Å². The Labute approximate surface area is 238 Å². The van der Waals surface area contributed by atoms with Gasteiger partial charge in [0, 0.05) is 66.2 Å². The van der Waals surface area contributed by atoms with E-state index in [9.17, 15) is 5.26 Å². The van der Waals surface area contributed by atoms with Gasteiger partial charge in [0.05, 0.1) is 27.0 Å². The van der Waals surface area contributed by atoms with Crippen molar-refractivity contribution in [2.24, 2.45) is 5.41 Å². The molecule has 3 heterocycles. The van der Waals surface area contributed by atoms with E-state index in [0.29, 0.717) is 49.2 Å². The van der Waals surface area contributed by atoms with E-state index in [-0.39, 0.29) is 17.8 Å². The smallest absolute Gasteiger partial charge is 0.167 e. The van der Waals surface area contributed by atoms with Crippen molar-refractivity contribution in [2.75, 3.05) is 23.1 Å². The van der Waals surface area contributed by atoms with Gasteiger partial charge >= 0.3 is 0 Å². The zero-order valence-corrected chi connectivity index (χ0v) is 24.2. The second kappa shape index (κ2) is 10.5. The van der Waals surface area contributed by atoms with Crippen LogP contribution in [0.5, 0.6) is 5.75 Å². The van der Waals surface area contributed by atoms with Gasteiger partial charge in [-0.15, -0.1) is 0 Å². The van der Waals surface area contributed by atoms with E-state index < -0.39 is 11.9 Å². The summed E-state index contributed by atoms with van der Waals surface area (Å²) in [4.78, 5) is 10.6. The first-order chi connectivity index (χ1) is 17.7. The minimum atomic E-state index is -0.678. The van der Waals surface area contributed by atoms with E-state index in [1.54, 1.807) is 19.2 Å². The summed E-state index contributed by atoms with van der Waals surface area (Å²) in [7, 11) is 0. The molecule has 0 radical (unpaired) electrons. The standard InChI is InChI=1S/C25H21Cl2FIN6OP/c1-13(22-17(26)9-32-10-18(22)27)36-21-5-16(20(34-37-29)6-19(21)28)23(31)15-4-14(7-30)24(33-8-15)35-11-25(12-35)2-3-25/h4-6,8-10,13,31,34,37H,2-3,11-12H2,1H3/t13-/m1/s1. The highest BCUT2D eigenvalue weighted by molar-refractivity contribution is 14.2. The lowest BCUT2D eigenvalue weighted by atomic mass is 9.95. The summed E-state index contributed by atoms with van der Waals surface area (Å²) in [5.74, 6) is -0.00881. The molecule has 7 nitrogen and oxygen atoms in total. The van der Waals surface area contributed by atoms with Crippen LogP contribution in [0.2, 0.25) is 10.0 Å².